The van der Waals surface area contributed by atoms with Crippen LogP contribution in [0.2, 0.25) is 5.02 Å². The molecule has 0 aromatic heterocycles. The number of rotatable bonds is 6. The number of nitrogens with zero attached hydrogens (tertiary/aromatic N) is 1. The normalized spacial score (nSPS) is 16.8. The molecule has 0 radical (unpaired) electrons. The fraction of sp³-hybridized carbons (Fsp3) is 0.300. The quantitative estimate of drug-likeness (QED) is 0.790. The van der Waals surface area contributed by atoms with Crippen molar-refractivity contribution in [1.82, 2.24) is 5.32 Å². The van der Waals surface area contributed by atoms with Crippen LogP contribution >= 0.6 is 11.6 Å². The van der Waals surface area contributed by atoms with Crippen LogP contribution < -0.4 is 14.8 Å². The number of halogens is 2. The van der Waals surface area contributed by atoms with Gasteiger partial charge in [0.15, 0.2) is 0 Å². The summed E-state index contributed by atoms with van der Waals surface area (Å²) in [6.45, 7) is 1.82. The first-order valence-electron chi connectivity index (χ1n) is 8.64. The zero-order chi connectivity index (χ0) is 20.3. The van der Waals surface area contributed by atoms with E-state index in [0.717, 1.165) is 5.56 Å². The summed E-state index contributed by atoms with van der Waals surface area (Å²) in [5, 5.41) is 6.94. The second kappa shape index (κ2) is 8.48. The molecule has 1 aliphatic heterocycles. The minimum Gasteiger partial charge on any atom is -0.497 e. The van der Waals surface area contributed by atoms with E-state index < -0.39 is 11.9 Å². The van der Waals surface area contributed by atoms with Crippen LogP contribution in [0.25, 0.3) is 0 Å². The topological polar surface area (TPSA) is 69.2 Å². The molecule has 0 saturated heterocycles. The van der Waals surface area contributed by atoms with Crippen molar-refractivity contribution in [2.75, 3.05) is 14.2 Å². The van der Waals surface area contributed by atoms with Gasteiger partial charge in [-0.25, -0.2) is 4.39 Å². The third kappa shape index (κ3) is 4.04. The Hall–Kier alpha value is -2.80. The van der Waals surface area contributed by atoms with Gasteiger partial charge in [0.1, 0.15) is 17.3 Å². The van der Waals surface area contributed by atoms with Crippen molar-refractivity contribution < 1.29 is 23.5 Å². The molecule has 0 spiro atoms. The van der Waals surface area contributed by atoms with Crippen molar-refractivity contribution in [2.45, 2.75) is 25.5 Å². The molecule has 6 nitrogen and oxygen atoms in total. The number of carbonyl (C=O) groups excluding carboxylic acids is 1. The van der Waals surface area contributed by atoms with Gasteiger partial charge in [-0.15, -0.1) is 0 Å². The molecule has 1 heterocycles. The lowest BCUT2D eigenvalue weighted by molar-refractivity contribution is -0.131. The predicted octanol–water partition coefficient (Wildman–Crippen LogP) is 3.87. The van der Waals surface area contributed by atoms with Gasteiger partial charge >= 0.3 is 0 Å². The first-order valence-corrected chi connectivity index (χ1v) is 9.01. The van der Waals surface area contributed by atoms with Crippen molar-refractivity contribution in [3.8, 4) is 11.5 Å². The Balaban J connectivity index is 1.70. The van der Waals surface area contributed by atoms with Crippen molar-refractivity contribution >= 4 is 23.2 Å². The average Bonchev–Trinajstić information content (AvgIpc) is 3.17. The molecule has 2 aromatic rings. The van der Waals surface area contributed by atoms with E-state index in [-0.39, 0.29) is 29.0 Å². The Morgan fingerprint density at radius 2 is 2.11 bits per heavy atom. The summed E-state index contributed by atoms with van der Waals surface area (Å²) in [5.74, 6) is 0.388. The highest BCUT2D eigenvalue weighted by Crippen LogP contribution is 2.30. The lowest BCUT2D eigenvalue weighted by atomic mass is 10.0. The average molecular weight is 407 g/mol. The lowest BCUT2D eigenvalue weighted by Gasteiger charge is -2.19. The number of nitrogens with one attached hydrogen (secondary N) is 1. The lowest BCUT2D eigenvalue weighted by Crippen LogP contribution is -2.36. The van der Waals surface area contributed by atoms with Gasteiger partial charge in [-0.05, 0) is 37.3 Å². The number of benzene rings is 2. The highest BCUT2D eigenvalue weighted by atomic mass is 35.5. The Morgan fingerprint density at radius 3 is 2.79 bits per heavy atom. The molecule has 1 amide bonds. The fourth-order valence-electron chi connectivity index (χ4n) is 3.00. The number of oxime groups is 1. The zero-order valence-electron chi connectivity index (χ0n) is 15.7. The molecule has 148 valence electrons. The largest absolute Gasteiger partial charge is 0.497 e. The van der Waals surface area contributed by atoms with Crippen molar-refractivity contribution in [1.29, 1.82) is 0 Å². The predicted molar refractivity (Wildman–Crippen MR) is 104 cm³/mol. The van der Waals surface area contributed by atoms with E-state index >= 15 is 0 Å². The first kappa shape index (κ1) is 19.9. The van der Waals surface area contributed by atoms with Gasteiger partial charge in [0, 0.05) is 12.0 Å². The molecule has 28 heavy (non-hydrogen) atoms. The van der Waals surface area contributed by atoms with E-state index in [1.165, 1.54) is 12.1 Å². The molecule has 2 atom stereocenters. The number of amides is 1. The molecular weight excluding hydrogens is 387 g/mol. The first-order chi connectivity index (χ1) is 13.4. The SMILES string of the molecule is COc1ccc(OC)c(C(C)NC(=O)C2CC(c3c(F)cccc3Cl)=NO2)c1. The van der Waals surface area contributed by atoms with E-state index in [4.69, 9.17) is 25.9 Å². The second-order valence-corrected chi connectivity index (χ2v) is 6.68. The molecule has 0 aliphatic carbocycles. The Kier molecular flexibility index (Phi) is 6.04. The van der Waals surface area contributed by atoms with E-state index in [1.54, 1.807) is 38.5 Å². The minimum atomic E-state index is -0.871. The van der Waals surface area contributed by atoms with Crippen LogP contribution in [0.3, 0.4) is 0 Å². The van der Waals surface area contributed by atoms with Crippen molar-refractivity contribution in [3.63, 3.8) is 0 Å². The highest BCUT2D eigenvalue weighted by molar-refractivity contribution is 6.34. The van der Waals surface area contributed by atoms with Gasteiger partial charge in [0.05, 0.1) is 36.6 Å². The summed E-state index contributed by atoms with van der Waals surface area (Å²) in [6, 6.07) is 9.31. The third-order valence-corrected chi connectivity index (χ3v) is 4.79. The number of ether oxygens (including phenoxy) is 2. The monoisotopic (exact) mass is 406 g/mol. The van der Waals surface area contributed by atoms with E-state index in [0.29, 0.717) is 17.2 Å². The maximum Gasteiger partial charge on any atom is 0.264 e. The van der Waals surface area contributed by atoms with Gasteiger partial charge in [-0.1, -0.05) is 22.8 Å². The van der Waals surface area contributed by atoms with Gasteiger partial charge in [0.2, 0.25) is 6.10 Å². The van der Waals surface area contributed by atoms with Crippen LogP contribution in [-0.2, 0) is 9.63 Å². The van der Waals surface area contributed by atoms with Gasteiger partial charge in [-0.2, -0.15) is 0 Å². The van der Waals surface area contributed by atoms with Gasteiger partial charge in [0.25, 0.3) is 5.91 Å². The molecule has 3 rings (SSSR count). The molecular formula is C20H20ClFN2O4. The maximum atomic E-state index is 14.1. The molecule has 0 bridgehead atoms. The summed E-state index contributed by atoms with van der Waals surface area (Å²) in [7, 11) is 3.12. The fourth-order valence-corrected chi connectivity index (χ4v) is 3.27. The Labute approximate surface area is 167 Å². The molecule has 8 heteroatoms. The summed E-state index contributed by atoms with van der Waals surface area (Å²) >= 11 is 6.06. The minimum absolute atomic E-state index is 0.119. The summed E-state index contributed by atoms with van der Waals surface area (Å²) < 4.78 is 24.7. The van der Waals surface area contributed by atoms with Crippen molar-refractivity contribution in [2.24, 2.45) is 5.16 Å². The van der Waals surface area contributed by atoms with Crippen molar-refractivity contribution in [3.05, 3.63) is 58.4 Å². The van der Waals surface area contributed by atoms with E-state index in [2.05, 4.69) is 10.5 Å². The zero-order valence-corrected chi connectivity index (χ0v) is 16.4. The standard InChI is InChI=1S/C20H20ClFN2O4/c1-11(13-9-12(26-2)7-8-17(13)27-3)23-20(25)18-10-16(24-28-18)19-14(21)5-4-6-15(19)22/h4-9,11,18H,10H2,1-3H3,(H,23,25). The van der Waals surface area contributed by atoms with E-state index in [1.807, 2.05) is 6.92 Å². The molecule has 2 aromatic carbocycles. The number of methoxy groups -OCH3 is 2. The molecule has 0 saturated carbocycles. The molecule has 1 aliphatic rings. The number of hydrogen-bond donors (Lipinski definition) is 1. The van der Waals surface area contributed by atoms with Crippen LogP contribution in [0.15, 0.2) is 41.6 Å². The molecule has 0 fully saturated rings. The Morgan fingerprint density at radius 1 is 1.32 bits per heavy atom. The van der Waals surface area contributed by atoms with Crippen LogP contribution in [-0.4, -0.2) is 31.9 Å². The Bertz CT molecular complexity index is 899. The van der Waals surface area contributed by atoms with Gasteiger partial charge < -0.3 is 19.6 Å². The number of carbonyl (C=O) groups is 1. The smallest absolute Gasteiger partial charge is 0.264 e. The van der Waals surface area contributed by atoms with Crippen LogP contribution in [0, 0.1) is 5.82 Å². The van der Waals surface area contributed by atoms with E-state index in [9.17, 15) is 9.18 Å². The third-order valence-electron chi connectivity index (χ3n) is 4.47. The summed E-state index contributed by atoms with van der Waals surface area (Å²) in [6.07, 6.45) is -0.751. The summed E-state index contributed by atoms with van der Waals surface area (Å²) in [5.41, 5.74) is 1.21. The molecule has 1 N–H and O–H groups in total. The maximum absolute atomic E-state index is 14.1. The van der Waals surface area contributed by atoms with Crippen LogP contribution in [0.5, 0.6) is 11.5 Å². The van der Waals surface area contributed by atoms with Crippen LogP contribution in [0.1, 0.15) is 30.5 Å². The second-order valence-electron chi connectivity index (χ2n) is 6.27. The molecule has 2 unspecified atom stereocenters. The number of hydrogen-bond acceptors (Lipinski definition) is 5. The summed E-state index contributed by atoms with van der Waals surface area (Å²) in [4.78, 5) is 17.8. The van der Waals surface area contributed by atoms with Crippen LogP contribution in [0.4, 0.5) is 4.39 Å². The van der Waals surface area contributed by atoms with Gasteiger partial charge in [-0.3, -0.25) is 4.79 Å². The highest BCUT2D eigenvalue weighted by Gasteiger charge is 2.32.